The largest absolute Gasteiger partial charge is 0.507 e. The fourth-order valence-corrected chi connectivity index (χ4v) is 3.69. The van der Waals surface area contributed by atoms with Crippen LogP contribution in [0.1, 0.15) is 100 Å². The van der Waals surface area contributed by atoms with Crippen LogP contribution in [0.5, 0.6) is 11.5 Å². The molecule has 0 aliphatic carbocycles. The summed E-state index contributed by atoms with van der Waals surface area (Å²) in [5.74, 6) is -0.866. The van der Waals surface area contributed by atoms with Gasteiger partial charge in [0.1, 0.15) is 17.1 Å². The van der Waals surface area contributed by atoms with Crippen molar-refractivity contribution in [1.82, 2.24) is 0 Å². The number of benzene rings is 1. The highest BCUT2D eigenvalue weighted by molar-refractivity contribution is 9.09. The summed E-state index contributed by atoms with van der Waals surface area (Å²) in [4.78, 5) is 10.8. The highest BCUT2D eigenvalue weighted by atomic mass is 79.9. The van der Waals surface area contributed by atoms with E-state index in [2.05, 4.69) is 15.9 Å². The lowest BCUT2D eigenvalue weighted by atomic mass is 10.0. The lowest BCUT2D eigenvalue weighted by Gasteiger charge is -2.08. The first kappa shape index (κ1) is 24.8. The maximum absolute atomic E-state index is 10.8. The van der Waals surface area contributed by atoms with Gasteiger partial charge in [0.25, 0.3) is 0 Å². The molecule has 0 spiro atoms. The van der Waals surface area contributed by atoms with Gasteiger partial charge in [-0.05, 0) is 25.0 Å². The molecular formula is C23H37BrO4. The van der Waals surface area contributed by atoms with Gasteiger partial charge in [-0.1, -0.05) is 93.0 Å². The van der Waals surface area contributed by atoms with Crippen molar-refractivity contribution in [2.45, 2.75) is 89.9 Å². The number of unbranched alkanes of at least 4 members (excludes halogenated alkanes) is 13. The van der Waals surface area contributed by atoms with Crippen molar-refractivity contribution >= 4 is 21.9 Å². The number of phenols is 1. The molecule has 5 heteroatoms. The molecule has 0 amide bonds. The van der Waals surface area contributed by atoms with E-state index in [1.807, 2.05) is 0 Å². The van der Waals surface area contributed by atoms with E-state index < -0.39 is 5.97 Å². The van der Waals surface area contributed by atoms with Gasteiger partial charge < -0.3 is 14.9 Å². The SMILES string of the molecule is O=C(O)c1ccc(OCCCCCCCCCCCCCCCCBr)cc1O. The van der Waals surface area contributed by atoms with Gasteiger partial charge in [-0.25, -0.2) is 4.79 Å². The van der Waals surface area contributed by atoms with E-state index >= 15 is 0 Å². The fraction of sp³-hybridized carbons (Fsp3) is 0.696. The molecule has 1 aromatic carbocycles. The van der Waals surface area contributed by atoms with Crippen LogP contribution >= 0.6 is 15.9 Å². The van der Waals surface area contributed by atoms with E-state index in [9.17, 15) is 9.90 Å². The number of halogens is 1. The molecule has 0 saturated carbocycles. The van der Waals surface area contributed by atoms with Crippen molar-refractivity contribution in [2.75, 3.05) is 11.9 Å². The van der Waals surface area contributed by atoms with Crippen LogP contribution in [0.2, 0.25) is 0 Å². The summed E-state index contributed by atoms with van der Waals surface area (Å²) in [5, 5.41) is 19.7. The lowest BCUT2D eigenvalue weighted by molar-refractivity contribution is 0.0693. The second kappa shape index (κ2) is 16.7. The normalized spacial score (nSPS) is 10.9. The van der Waals surface area contributed by atoms with E-state index in [4.69, 9.17) is 9.84 Å². The maximum Gasteiger partial charge on any atom is 0.339 e. The van der Waals surface area contributed by atoms with Crippen LogP contribution in [0.15, 0.2) is 18.2 Å². The number of carboxylic acid groups (broad SMARTS) is 1. The monoisotopic (exact) mass is 456 g/mol. The van der Waals surface area contributed by atoms with Gasteiger partial charge >= 0.3 is 5.97 Å². The average Bonchev–Trinajstić information content (AvgIpc) is 2.67. The zero-order valence-corrected chi connectivity index (χ0v) is 18.7. The molecule has 0 unspecified atom stereocenters. The van der Waals surface area contributed by atoms with Gasteiger partial charge in [0.2, 0.25) is 0 Å². The van der Waals surface area contributed by atoms with E-state index in [0.717, 1.165) is 18.2 Å². The van der Waals surface area contributed by atoms with Crippen molar-refractivity contribution in [2.24, 2.45) is 0 Å². The van der Waals surface area contributed by atoms with Crippen molar-refractivity contribution in [3.05, 3.63) is 23.8 Å². The molecule has 0 saturated heterocycles. The second-order valence-electron chi connectivity index (χ2n) is 7.47. The van der Waals surface area contributed by atoms with Crippen LogP contribution in [0, 0.1) is 0 Å². The Morgan fingerprint density at radius 2 is 1.25 bits per heavy atom. The Balaban J connectivity index is 1.87. The molecule has 2 N–H and O–H groups in total. The summed E-state index contributed by atoms with van der Waals surface area (Å²) >= 11 is 3.48. The first-order valence-electron chi connectivity index (χ1n) is 10.9. The molecule has 28 heavy (non-hydrogen) atoms. The summed E-state index contributed by atoms with van der Waals surface area (Å²) in [6.07, 6.45) is 18.4. The Morgan fingerprint density at radius 3 is 1.68 bits per heavy atom. The Bertz CT molecular complexity index is 533. The van der Waals surface area contributed by atoms with Gasteiger partial charge in [0.15, 0.2) is 0 Å². The molecule has 160 valence electrons. The third-order valence-corrected chi connectivity index (χ3v) is 5.56. The smallest absolute Gasteiger partial charge is 0.339 e. The highest BCUT2D eigenvalue weighted by Gasteiger charge is 2.09. The second-order valence-corrected chi connectivity index (χ2v) is 8.26. The molecule has 4 nitrogen and oxygen atoms in total. The molecule has 0 radical (unpaired) electrons. The Hall–Kier alpha value is -1.23. The average molecular weight is 457 g/mol. The summed E-state index contributed by atoms with van der Waals surface area (Å²) < 4.78 is 5.58. The van der Waals surface area contributed by atoms with Gasteiger partial charge in [0.05, 0.1) is 6.61 Å². The highest BCUT2D eigenvalue weighted by Crippen LogP contribution is 2.23. The van der Waals surface area contributed by atoms with Crippen molar-refractivity contribution in [3.63, 3.8) is 0 Å². The molecule has 0 aliphatic heterocycles. The number of aromatic carboxylic acids is 1. The zero-order valence-electron chi connectivity index (χ0n) is 17.1. The Labute approximate surface area is 178 Å². The van der Waals surface area contributed by atoms with Crippen LogP contribution in [0.3, 0.4) is 0 Å². The van der Waals surface area contributed by atoms with Gasteiger partial charge in [0, 0.05) is 11.4 Å². The minimum Gasteiger partial charge on any atom is -0.507 e. The minimum absolute atomic E-state index is 0.0994. The quantitative estimate of drug-likeness (QED) is 0.179. The summed E-state index contributed by atoms with van der Waals surface area (Å²) in [7, 11) is 0. The van der Waals surface area contributed by atoms with Crippen LogP contribution in [0.4, 0.5) is 0 Å². The van der Waals surface area contributed by atoms with Crippen molar-refractivity contribution in [1.29, 1.82) is 0 Å². The van der Waals surface area contributed by atoms with E-state index in [-0.39, 0.29) is 11.3 Å². The summed E-state index contributed by atoms with van der Waals surface area (Å²) in [6.45, 7) is 0.599. The third kappa shape index (κ3) is 12.3. The molecule has 1 rings (SSSR count). The van der Waals surface area contributed by atoms with Crippen molar-refractivity contribution < 1.29 is 19.7 Å². The summed E-state index contributed by atoms with van der Waals surface area (Å²) in [5.41, 5.74) is -0.0994. The van der Waals surface area contributed by atoms with E-state index in [1.54, 1.807) is 6.07 Å². The van der Waals surface area contributed by atoms with Crippen LogP contribution in [-0.2, 0) is 0 Å². The number of hydrogen-bond acceptors (Lipinski definition) is 3. The topological polar surface area (TPSA) is 66.8 Å². The molecule has 0 atom stereocenters. The number of ether oxygens (including phenoxy) is 1. The number of rotatable bonds is 18. The number of alkyl halides is 1. The van der Waals surface area contributed by atoms with Crippen LogP contribution in [-0.4, -0.2) is 28.1 Å². The summed E-state index contributed by atoms with van der Waals surface area (Å²) in [6, 6.07) is 4.33. The predicted octanol–water partition coefficient (Wildman–Crippen LogP) is 7.33. The number of hydrogen-bond donors (Lipinski definition) is 2. The zero-order chi connectivity index (χ0) is 20.5. The van der Waals surface area contributed by atoms with Gasteiger partial charge in [-0.15, -0.1) is 0 Å². The lowest BCUT2D eigenvalue weighted by Crippen LogP contribution is -2.00. The molecule has 0 fully saturated rings. The number of aromatic hydroxyl groups is 1. The first-order chi connectivity index (χ1) is 13.6. The maximum atomic E-state index is 10.8. The standard InChI is InChI=1S/C23H37BrO4/c24-17-13-11-9-7-5-3-1-2-4-6-8-10-12-14-18-28-20-15-16-21(23(26)27)22(25)19-20/h15-16,19,25H,1-14,17-18H2,(H,26,27). The van der Waals surface area contributed by atoms with Crippen LogP contribution < -0.4 is 4.74 Å². The Kier molecular flexibility index (Phi) is 14.8. The van der Waals surface area contributed by atoms with Gasteiger partial charge in [-0.2, -0.15) is 0 Å². The number of carboxylic acids is 1. The molecule has 0 heterocycles. The third-order valence-electron chi connectivity index (χ3n) is 5.00. The van der Waals surface area contributed by atoms with Crippen LogP contribution in [0.25, 0.3) is 0 Å². The molecule has 0 aromatic heterocycles. The first-order valence-corrected chi connectivity index (χ1v) is 12.0. The van der Waals surface area contributed by atoms with Crippen molar-refractivity contribution in [3.8, 4) is 11.5 Å². The van der Waals surface area contributed by atoms with Gasteiger partial charge in [-0.3, -0.25) is 0 Å². The molecular weight excluding hydrogens is 420 g/mol. The minimum atomic E-state index is -1.13. The number of carbonyl (C=O) groups is 1. The van der Waals surface area contributed by atoms with E-state index in [0.29, 0.717) is 12.4 Å². The molecule has 1 aromatic rings. The van der Waals surface area contributed by atoms with E-state index in [1.165, 1.54) is 89.2 Å². The molecule has 0 bridgehead atoms. The predicted molar refractivity (Wildman–Crippen MR) is 119 cm³/mol. The fourth-order valence-electron chi connectivity index (χ4n) is 3.29. The Morgan fingerprint density at radius 1 is 0.786 bits per heavy atom. The molecule has 0 aliphatic rings.